The Bertz CT molecular complexity index is 1610. The van der Waals surface area contributed by atoms with E-state index in [4.69, 9.17) is 4.74 Å². The lowest BCUT2D eigenvalue weighted by molar-refractivity contribution is -0.127. The van der Waals surface area contributed by atoms with Crippen molar-refractivity contribution in [2.24, 2.45) is 0 Å². The van der Waals surface area contributed by atoms with Crippen molar-refractivity contribution in [2.45, 2.75) is 31.9 Å². The highest BCUT2D eigenvalue weighted by molar-refractivity contribution is 6.00. The standard InChI is InChI=1S/C33H33F4N5O2/c34-32-26-20-24(11-13-28(26)40-41-32)31(27(21-33(35,36)37)23-8-3-1-4-9-23)25-12-14-29(39-22-25)44-19-16-38-15-7-10-30(43)42-17-5-2-6-18-42/h1,3-4,7-14,20,22,38H,2,5-6,15-19,21H2,(H,40,41)/b10-7+,31-27-. The van der Waals surface area contributed by atoms with Crippen LogP contribution in [0.1, 0.15) is 42.4 Å². The third-order valence-electron chi connectivity index (χ3n) is 7.34. The number of carbonyl (C=O) groups is 1. The Hall–Kier alpha value is -4.51. The molecule has 2 aromatic carbocycles. The molecule has 4 aromatic rings. The van der Waals surface area contributed by atoms with Crippen molar-refractivity contribution in [1.29, 1.82) is 0 Å². The summed E-state index contributed by atoms with van der Waals surface area (Å²) in [4.78, 5) is 18.4. The first-order chi connectivity index (χ1) is 21.3. The fraction of sp³-hybridized carbons (Fsp3) is 0.303. The Kier molecular flexibility index (Phi) is 10.1. The molecule has 44 heavy (non-hydrogen) atoms. The summed E-state index contributed by atoms with van der Waals surface area (Å²) in [5.74, 6) is -0.335. The van der Waals surface area contributed by atoms with E-state index in [9.17, 15) is 22.4 Å². The molecule has 1 aliphatic heterocycles. The third kappa shape index (κ3) is 8.10. The molecule has 2 aromatic heterocycles. The monoisotopic (exact) mass is 607 g/mol. The lowest BCUT2D eigenvalue weighted by Gasteiger charge is -2.25. The van der Waals surface area contributed by atoms with Gasteiger partial charge in [0.15, 0.2) is 0 Å². The zero-order chi connectivity index (χ0) is 30.9. The first-order valence-electron chi connectivity index (χ1n) is 14.5. The predicted octanol–water partition coefficient (Wildman–Crippen LogP) is 6.55. The van der Waals surface area contributed by atoms with E-state index in [2.05, 4.69) is 20.5 Å². The lowest BCUT2D eigenvalue weighted by Crippen LogP contribution is -2.34. The largest absolute Gasteiger partial charge is 0.476 e. The molecule has 0 unspecified atom stereocenters. The summed E-state index contributed by atoms with van der Waals surface area (Å²) in [5.41, 5.74) is 1.89. The zero-order valence-corrected chi connectivity index (χ0v) is 24.0. The number of alkyl halides is 3. The van der Waals surface area contributed by atoms with E-state index in [0.29, 0.717) is 47.8 Å². The van der Waals surface area contributed by atoms with Gasteiger partial charge < -0.3 is 15.0 Å². The summed E-state index contributed by atoms with van der Waals surface area (Å²) in [6.07, 6.45) is 2.40. The van der Waals surface area contributed by atoms with Crippen LogP contribution >= 0.6 is 0 Å². The Morgan fingerprint density at radius 3 is 2.50 bits per heavy atom. The average Bonchev–Trinajstić information content (AvgIpc) is 3.41. The molecule has 0 bridgehead atoms. The first kappa shape index (κ1) is 30.9. The molecule has 0 atom stereocenters. The zero-order valence-electron chi connectivity index (χ0n) is 24.0. The van der Waals surface area contributed by atoms with Crippen LogP contribution in [-0.4, -0.2) is 65.0 Å². The van der Waals surface area contributed by atoms with Crippen LogP contribution in [0, 0.1) is 5.95 Å². The molecule has 5 rings (SSSR count). The van der Waals surface area contributed by atoms with Gasteiger partial charge in [-0.1, -0.05) is 42.5 Å². The maximum Gasteiger partial charge on any atom is 0.393 e. The Morgan fingerprint density at radius 1 is 1.00 bits per heavy atom. The van der Waals surface area contributed by atoms with Gasteiger partial charge in [-0.15, -0.1) is 0 Å². The molecule has 7 nitrogen and oxygen atoms in total. The molecule has 1 saturated heterocycles. The van der Waals surface area contributed by atoms with E-state index in [1.807, 2.05) is 4.90 Å². The van der Waals surface area contributed by atoms with Crippen LogP contribution < -0.4 is 10.1 Å². The van der Waals surface area contributed by atoms with Crippen molar-refractivity contribution in [2.75, 3.05) is 32.8 Å². The topological polar surface area (TPSA) is 83.1 Å². The van der Waals surface area contributed by atoms with E-state index >= 15 is 0 Å². The molecular formula is C33H33F4N5O2. The number of fused-ring (bicyclic) bond motifs is 1. The fourth-order valence-electron chi connectivity index (χ4n) is 5.23. The first-order valence-corrected chi connectivity index (χ1v) is 14.5. The molecule has 3 heterocycles. The van der Waals surface area contributed by atoms with E-state index in [-0.39, 0.29) is 22.4 Å². The second-order valence-corrected chi connectivity index (χ2v) is 10.5. The number of amides is 1. The maximum atomic E-state index is 14.4. The Balaban J connectivity index is 1.31. The number of nitrogens with zero attached hydrogens (tertiary/aromatic N) is 3. The third-order valence-corrected chi connectivity index (χ3v) is 7.34. The quantitative estimate of drug-likeness (QED) is 0.0875. The van der Waals surface area contributed by atoms with Crippen LogP contribution in [0.2, 0.25) is 0 Å². The highest BCUT2D eigenvalue weighted by Crippen LogP contribution is 2.40. The number of hydrogen-bond donors (Lipinski definition) is 2. The minimum atomic E-state index is -4.50. The van der Waals surface area contributed by atoms with Gasteiger partial charge >= 0.3 is 6.18 Å². The van der Waals surface area contributed by atoms with Crippen LogP contribution in [-0.2, 0) is 4.79 Å². The number of nitrogens with one attached hydrogen (secondary N) is 2. The van der Waals surface area contributed by atoms with Crippen molar-refractivity contribution in [3.63, 3.8) is 0 Å². The maximum absolute atomic E-state index is 14.4. The summed E-state index contributed by atoms with van der Waals surface area (Å²) in [6.45, 7) is 2.91. The molecule has 0 spiro atoms. The number of likely N-dealkylation sites (tertiary alicyclic amines) is 1. The Morgan fingerprint density at radius 2 is 1.77 bits per heavy atom. The number of rotatable bonds is 11. The molecular weight excluding hydrogens is 574 g/mol. The number of H-pyrrole nitrogens is 1. The second-order valence-electron chi connectivity index (χ2n) is 10.5. The molecule has 1 amide bonds. The summed E-state index contributed by atoms with van der Waals surface area (Å²) in [6, 6.07) is 16.3. The minimum absolute atomic E-state index is 0.0286. The number of carbonyl (C=O) groups excluding carboxylic acids is 1. The molecule has 11 heteroatoms. The number of pyridine rings is 1. The van der Waals surface area contributed by atoms with Crippen molar-refractivity contribution in [3.8, 4) is 5.88 Å². The smallest absolute Gasteiger partial charge is 0.393 e. The van der Waals surface area contributed by atoms with Gasteiger partial charge in [-0.3, -0.25) is 9.89 Å². The number of hydrogen-bond acceptors (Lipinski definition) is 5. The molecule has 0 saturated carbocycles. The van der Waals surface area contributed by atoms with Gasteiger partial charge in [-0.2, -0.15) is 22.7 Å². The van der Waals surface area contributed by atoms with Crippen molar-refractivity contribution in [3.05, 3.63) is 102 Å². The summed E-state index contributed by atoms with van der Waals surface area (Å²) in [5, 5.41) is 9.52. The van der Waals surface area contributed by atoms with E-state index in [0.717, 1.165) is 25.9 Å². The average molecular weight is 608 g/mol. The van der Waals surface area contributed by atoms with Crippen molar-refractivity contribution in [1.82, 2.24) is 25.4 Å². The summed E-state index contributed by atoms with van der Waals surface area (Å²) >= 11 is 0. The highest BCUT2D eigenvalue weighted by atomic mass is 19.4. The van der Waals surface area contributed by atoms with Crippen LogP contribution in [0.15, 0.2) is 79.0 Å². The van der Waals surface area contributed by atoms with E-state index in [1.54, 1.807) is 66.7 Å². The normalized spacial score (nSPS) is 14.7. The highest BCUT2D eigenvalue weighted by Gasteiger charge is 2.32. The van der Waals surface area contributed by atoms with Crippen LogP contribution in [0.25, 0.3) is 22.0 Å². The van der Waals surface area contributed by atoms with Gasteiger partial charge in [0.25, 0.3) is 0 Å². The van der Waals surface area contributed by atoms with Crippen LogP contribution in [0.3, 0.4) is 0 Å². The second kappa shape index (κ2) is 14.3. The van der Waals surface area contributed by atoms with E-state index < -0.39 is 18.5 Å². The van der Waals surface area contributed by atoms with Crippen molar-refractivity contribution >= 4 is 28.0 Å². The van der Waals surface area contributed by atoms with Crippen molar-refractivity contribution < 1.29 is 27.1 Å². The van der Waals surface area contributed by atoms with E-state index in [1.165, 1.54) is 18.7 Å². The van der Waals surface area contributed by atoms with Gasteiger partial charge in [0.2, 0.25) is 17.7 Å². The number of allylic oxidation sites excluding steroid dienone is 1. The summed E-state index contributed by atoms with van der Waals surface area (Å²) < 4.78 is 61.9. The number of aromatic nitrogens is 3. The predicted molar refractivity (Wildman–Crippen MR) is 161 cm³/mol. The molecule has 0 radical (unpaired) electrons. The number of ether oxygens (including phenoxy) is 1. The number of benzene rings is 2. The van der Waals surface area contributed by atoms with Gasteiger partial charge in [-0.25, -0.2) is 4.98 Å². The van der Waals surface area contributed by atoms with Crippen LogP contribution in [0.5, 0.6) is 5.88 Å². The molecule has 0 aliphatic carbocycles. The van der Waals surface area contributed by atoms with Gasteiger partial charge in [0.1, 0.15) is 6.61 Å². The fourth-order valence-corrected chi connectivity index (χ4v) is 5.23. The van der Waals surface area contributed by atoms with Gasteiger partial charge in [0, 0.05) is 50.1 Å². The minimum Gasteiger partial charge on any atom is -0.476 e. The molecule has 1 fully saturated rings. The Labute approximate surface area is 252 Å². The molecule has 1 aliphatic rings. The SMILES string of the molecule is O=C(/C=C/CNCCOc1ccc(/C(=C(/CC(F)(F)F)c2ccccc2)c2ccc3n[nH]c(F)c3c2)cn1)N1CCCCC1. The number of piperidine rings is 1. The molecule has 2 N–H and O–H groups in total. The lowest BCUT2D eigenvalue weighted by atomic mass is 9.88. The van der Waals surface area contributed by atoms with Gasteiger partial charge in [-0.05, 0) is 59.7 Å². The molecule has 230 valence electrons. The van der Waals surface area contributed by atoms with Gasteiger partial charge in [0.05, 0.1) is 17.3 Å². The number of halogens is 4. The van der Waals surface area contributed by atoms with Crippen LogP contribution in [0.4, 0.5) is 17.6 Å². The number of aromatic amines is 1. The summed E-state index contributed by atoms with van der Waals surface area (Å²) in [7, 11) is 0.